The van der Waals surface area contributed by atoms with E-state index in [1.807, 2.05) is 26.0 Å². The van der Waals surface area contributed by atoms with Crippen molar-refractivity contribution in [2.45, 2.75) is 13.8 Å². The van der Waals surface area contributed by atoms with Crippen LogP contribution in [-0.2, 0) is 0 Å². The van der Waals surface area contributed by atoms with Gasteiger partial charge >= 0.3 is 12.0 Å². The Morgan fingerprint density at radius 2 is 2.03 bits per heavy atom. The molecule has 0 aliphatic carbocycles. The zero-order valence-corrected chi connectivity index (χ0v) is 17.4. The molecular weight excluding hydrogens is 416 g/mol. The molecule has 2 N–H and O–H groups in total. The Morgan fingerprint density at radius 1 is 1.19 bits per heavy atom. The highest BCUT2D eigenvalue weighted by molar-refractivity contribution is 7.21. The van der Waals surface area contributed by atoms with Crippen LogP contribution in [0.25, 0.3) is 10.2 Å². The molecule has 3 aromatic heterocycles. The van der Waals surface area contributed by atoms with Crippen LogP contribution in [0.15, 0.2) is 48.7 Å². The van der Waals surface area contributed by atoms with E-state index in [-0.39, 0.29) is 4.88 Å². The van der Waals surface area contributed by atoms with Crippen LogP contribution in [0.5, 0.6) is 11.6 Å². The summed E-state index contributed by atoms with van der Waals surface area (Å²) in [5.74, 6) is -0.0740. The van der Waals surface area contributed by atoms with Crippen molar-refractivity contribution < 1.29 is 19.4 Å². The number of benzene rings is 1. The summed E-state index contributed by atoms with van der Waals surface area (Å²) in [4.78, 5) is 35.6. The van der Waals surface area contributed by atoms with Gasteiger partial charge in [0, 0.05) is 18.0 Å². The zero-order valence-electron chi connectivity index (χ0n) is 16.5. The zero-order chi connectivity index (χ0) is 21.7. The van der Waals surface area contributed by atoms with Crippen LogP contribution < -0.4 is 15.0 Å². The fourth-order valence-corrected chi connectivity index (χ4v) is 4.60. The molecule has 1 aliphatic rings. The largest absolute Gasteiger partial charge is 0.477 e. The number of hydrogen-bond donors (Lipinski definition) is 2. The van der Waals surface area contributed by atoms with E-state index in [2.05, 4.69) is 15.3 Å². The summed E-state index contributed by atoms with van der Waals surface area (Å²) in [5.41, 5.74) is 3.01. The molecule has 154 valence electrons. The number of ether oxygens (including phenoxy) is 1. The highest BCUT2D eigenvalue weighted by atomic mass is 32.1. The SMILES string of the molecule is Cc1cccc(Oc2ccc(N3C(=O)Nc4ccnc5sc(C(=O)O)c3c45)c(C)c2)n1. The number of carbonyl (C=O) groups excluding carboxylic acids is 1. The van der Waals surface area contributed by atoms with E-state index in [9.17, 15) is 14.7 Å². The summed E-state index contributed by atoms with van der Waals surface area (Å²) in [6.07, 6.45) is 1.55. The number of carboxylic acid groups (broad SMARTS) is 1. The maximum atomic E-state index is 13.0. The number of urea groups is 1. The standard InChI is InChI=1S/C22H16N4O4S/c1-11-10-13(30-16-5-3-4-12(2)24-16)6-7-15(11)26-18-17-14(25-22(26)29)8-9-23-20(17)31-19(18)21(27)28/h3-10H,1-2H3,(H,25,29)(H,27,28). The van der Waals surface area contributed by atoms with Gasteiger partial charge in [0.15, 0.2) is 0 Å². The van der Waals surface area contributed by atoms with Crippen molar-refractivity contribution in [1.82, 2.24) is 9.97 Å². The lowest BCUT2D eigenvalue weighted by Crippen LogP contribution is -2.34. The van der Waals surface area contributed by atoms with Gasteiger partial charge in [-0.3, -0.25) is 4.90 Å². The molecule has 0 bridgehead atoms. The Balaban J connectivity index is 1.61. The first-order chi connectivity index (χ1) is 14.9. The van der Waals surface area contributed by atoms with E-state index in [0.717, 1.165) is 22.6 Å². The number of amides is 2. The van der Waals surface area contributed by atoms with Crippen molar-refractivity contribution in [2.24, 2.45) is 0 Å². The van der Waals surface area contributed by atoms with Gasteiger partial charge in [-0.1, -0.05) is 6.07 Å². The second-order valence-corrected chi connectivity index (χ2v) is 8.06. The molecule has 31 heavy (non-hydrogen) atoms. The second kappa shape index (κ2) is 7.06. The van der Waals surface area contributed by atoms with Gasteiger partial charge in [-0.25, -0.2) is 19.6 Å². The van der Waals surface area contributed by atoms with Gasteiger partial charge in [0.2, 0.25) is 5.88 Å². The van der Waals surface area contributed by atoms with Crippen molar-refractivity contribution >= 4 is 50.6 Å². The number of hydrogen-bond acceptors (Lipinski definition) is 6. The third kappa shape index (κ3) is 3.15. The molecule has 2 amide bonds. The van der Waals surface area contributed by atoms with Crippen LogP contribution in [0.4, 0.5) is 21.9 Å². The molecule has 0 fully saturated rings. The lowest BCUT2D eigenvalue weighted by molar-refractivity contribution is 0.0703. The van der Waals surface area contributed by atoms with Crippen LogP contribution in [0.1, 0.15) is 20.9 Å². The van der Waals surface area contributed by atoms with Crippen LogP contribution in [0, 0.1) is 13.8 Å². The van der Waals surface area contributed by atoms with E-state index in [4.69, 9.17) is 4.74 Å². The number of aromatic nitrogens is 2. The molecular formula is C22H16N4O4S. The van der Waals surface area contributed by atoms with Crippen LogP contribution >= 0.6 is 11.3 Å². The molecule has 1 aromatic carbocycles. The summed E-state index contributed by atoms with van der Waals surface area (Å²) in [5, 5.41) is 13.2. The average Bonchev–Trinajstić information content (AvgIpc) is 3.11. The predicted molar refractivity (Wildman–Crippen MR) is 118 cm³/mol. The van der Waals surface area contributed by atoms with Gasteiger partial charge < -0.3 is 15.2 Å². The van der Waals surface area contributed by atoms with Crippen molar-refractivity contribution in [2.75, 3.05) is 10.2 Å². The Bertz CT molecular complexity index is 1380. The molecule has 4 aromatic rings. The predicted octanol–water partition coefficient (Wildman–Crippen LogP) is 5.48. The first-order valence-electron chi connectivity index (χ1n) is 9.40. The number of nitrogens with zero attached hydrogens (tertiary/aromatic N) is 3. The molecule has 0 saturated heterocycles. The minimum atomic E-state index is -1.10. The van der Waals surface area contributed by atoms with E-state index in [1.54, 1.807) is 36.5 Å². The average molecular weight is 432 g/mol. The monoisotopic (exact) mass is 432 g/mol. The van der Waals surface area contributed by atoms with Crippen molar-refractivity contribution in [3.8, 4) is 11.6 Å². The third-order valence-corrected chi connectivity index (χ3v) is 6.00. The topological polar surface area (TPSA) is 105 Å². The highest BCUT2D eigenvalue weighted by Gasteiger charge is 2.34. The molecule has 0 atom stereocenters. The number of carbonyl (C=O) groups is 2. The Morgan fingerprint density at radius 3 is 2.77 bits per heavy atom. The first-order valence-corrected chi connectivity index (χ1v) is 10.2. The quantitative estimate of drug-likeness (QED) is 0.442. The third-order valence-electron chi connectivity index (χ3n) is 4.92. The number of rotatable bonds is 4. The van der Waals surface area contributed by atoms with Crippen LogP contribution in [0.3, 0.4) is 0 Å². The maximum absolute atomic E-state index is 13.0. The fraction of sp³-hybridized carbons (Fsp3) is 0.0909. The molecule has 0 saturated carbocycles. The Hall–Kier alpha value is -3.98. The van der Waals surface area contributed by atoms with Gasteiger partial charge in [0.1, 0.15) is 15.5 Å². The lowest BCUT2D eigenvalue weighted by Gasteiger charge is -2.29. The molecule has 1 aliphatic heterocycles. The summed E-state index contributed by atoms with van der Waals surface area (Å²) < 4.78 is 5.84. The van der Waals surface area contributed by atoms with E-state index < -0.39 is 12.0 Å². The molecule has 0 unspecified atom stereocenters. The maximum Gasteiger partial charge on any atom is 0.348 e. The van der Waals surface area contributed by atoms with Gasteiger partial charge in [0.25, 0.3) is 0 Å². The molecule has 0 radical (unpaired) electrons. The number of aromatic carboxylic acids is 1. The minimum Gasteiger partial charge on any atom is -0.477 e. The molecule has 4 heterocycles. The fourth-order valence-electron chi connectivity index (χ4n) is 3.61. The molecule has 0 spiro atoms. The summed E-state index contributed by atoms with van der Waals surface area (Å²) in [6, 6.07) is 12.0. The van der Waals surface area contributed by atoms with Gasteiger partial charge in [-0.05, 0) is 49.7 Å². The number of aryl methyl sites for hydroxylation is 2. The molecule has 9 heteroatoms. The van der Waals surface area contributed by atoms with Crippen LogP contribution in [-0.4, -0.2) is 27.1 Å². The summed E-state index contributed by atoms with van der Waals surface area (Å²) >= 11 is 1.05. The highest BCUT2D eigenvalue weighted by Crippen LogP contribution is 2.47. The van der Waals surface area contributed by atoms with E-state index in [1.165, 1.54) is 4.90 Å². The van der Waals surface area contributed by atoms with Crippen LogP contribution in [0.2, 0.25) is 0 Å². The second-order valence-electron chi connectivity index (χ2n) is 7.06. The minimum absolute atomic E-state index is 0.0634. The smallest absolute Gasteiger partial charge is 0.348 e. The Labute approximate surface area is 180 Å². The van der Waals surface area contributed by atoms with Crippen molar-refractivity contribution in [1.29, 1.82) is 0 Å². The number of nitrogens with one attached hydrogen (secondary N) is 1. The van der Waals surface area contributed by atoms with Gasteiger partial charge in [-0.2, -0.15) is 0 Å². The van der Waals surface area contributed by atoms with Gasteiger partial charge in [-0.15, -0.1) is 11.3 Å². The number of pyridine rings is 2. The molecule has 5 rings (SSSR count). The van der Waals surface area contributed by atoms with E-state index in [0.29, 0.717) is 38.9 Å². The first kappa shape index (κ1) is 19.0. The Kier molecular flexibility index (Phi) is 4.33. The van der Waals surface area contributed by atoms with Gasteiger partial charge in [0.05, 0.1) is 22.4 Å². The number of carboxylic acids is 1. The van der Waals surface area contributed by atoms with Crippen molar-refractivity contribution in [3.05, 3.63) is 64.8 Å². The molecule has 8 nitrogen and oxygen atoms in total. The number of thiophene rings is 1. The van der Waals surface area contributed by atoms with E-state index >= 15 is 0 Å². The number of anilines is 3. The summed E-state index contributed by atoms with van der Waals surface area (Å²) in [6.45, 7) is 3.71. The normalized spacial score (nSPS) is 12.7. The van der Waals surface area contributed by atoms with Crippen molar-refractivity contribution in [3.63, 3.8) is 0 Å². The summed E-state index contributed by atoms with van der Waals surface area (Å²) in [7, 11) is 0. The lowest BCUT2D eigenvalue weighted by atomic mass is 10.1.